The van der Waals surface area contributed by atoms with E-state index in [1.165, 1.54) is 19.3 Å². The van der Waals surface area contributed by atoms with Crippen LogP contribution in [-0.4, -0.2) is 47.8 Å². The lowest BCUT2D eigenvalue weighted by Gasteiger charge is -2.37. The summed E-state index contributed by atoms with van der Waals surface area (Å²) in [6.45, 7) is 6.70. The lowest BCUT2D eigenvalue weighted by Crippen LogP contribution is -2.52. The molecule has 0 spiro atoms. The molecule has 1 saturated heterocycles. The van der Waals surface area contributed by atoms with E-state index < -0.39 is 0 Å². The first-order chi connectivity index (χ1) is 9.09. The second-order valence-corrected chi connectivity index (χ2v) is 6.14. The third-order valence-electron chi connectivity index (χ3n) is 4.35. The smallest absolute Gasteiger partial charge is 0.225 e. The number of piperazine rings is 1. The van der Waals surface area contributed by atoms with Crippen LogP contribution in [0, 0.1) is 11.8 Å². The standard InChI is InChI=1S/C15H26N2O2/c1-12(2)14(18)16-8-10-17(11-9-16)15(19)13-6-4-3-5-7-13/h12-13H,3-11H2,1-2H3. The van der Waals surface area contributed by atoms with Crippen molar-refractivity contribution in [1.82, 2.24) is 9.80 Å². The molecule has 0 bridgehead atoms. The number of nitrogens with zero attached hydrogens (tertiary/aromatic N) is 2. The van der Waals surface area contributed by atoms with E-state index in [9.17, 15) is 9.59 Å². The number of amides is 2. The summed E-state index contributed by atoms with van der Waals surface area (Å²) in [6.07, 6.45) is 5.79. The van der Waals surface area contributed by atoms with Crippen LogP contribution < -0.4 is 0 Å². The van der Waals surface area contributed by atoms with Crippen LogP contribution in [0.5, 0.6) is 0 Å². The van der Waals surface area contributed by atoms with Gasteiger partial charge < -0.3 is 9.80 Å². The number of carbonyl (C=O) groups excluding carboxylic acids is 2. The van der Waals surface area contributed by atoms with Gasteiger partial charge in [0, 0.05) is 38.0 Å². The topological polar surface area (TPSA) is 40.6 Å². The van der Waals surface area contributed by atoms with E-state index in [1.54, 1.807) is 0 Å². The first kappa shape index (κ1) is 14.4. The molecule has 2 amide bonds. The average Bonchev–Trinajstić information content (AvgIpc) is 2.46. The average molecular weight is 266 g/mol. The van der Waals surface area contributed by atoms with Gasteiger partial charge in [0.05, 0.1) is 0 Å². The van der Waals surface area contributed by atoms with Gasteiger partial charge in [-0.1, -0.05) is 33.1 Å². The molecule has 0 unspecified atom stereocenters. The Kier molecular flexibility index (Phi) is 4.83. The number of hydrogen-bond donors (Lipinski definition) is 0. The molecule has 1 heterocycles. The second kappa shape index (κ2) is 6.40. The molecule has 0 radical (unpaired) electrons. The normalized spacial score (nSPS) is 21.8. The Morgan fingerprint density at radius 2 is 1.42 bits per heavy atom. The maximum atomic E-state index is 12.4. The summed E-state index contributed by atoms with van der Waals surface area (Å²) in [4.78, 5) is 28.2. The fraction of sp³-hybridized carbons (Fsp3) is 0.867. The van der Waals surface area contributed by atoms with Crippen LogP contribution in [0.25, 0.3) is 0 Å². The lowest BCUT2D eigenvalue weighted by atomic mass is 9.88. The van der Waals surface area contributed by atoms with Gasteiger partial charge in [-0.05, 0) is 12.8 Å². The lowest BCUT2D eigenvalue weighted by molar-refractivity contribution is -0.144. The van der Waals surface area contributed by atoms with Gasteiger partial charge in [0.15, 0.2) is 0 Å². The molecule has 2 aliphatic rings. The molecule has 1 aliphatic carbocycles. The molecule has 19 heavy (non-hydrogen) atoms. The van der Waals surface area contributed by atoms with Crippen molar-refractivity contribution in [3.8, 4) is 0 Å². The first-order valence-electron chi connectivity index (χ1n) is 7.67. The Morgan fingerprint density at radius 1 is 0.895 bits per heavy atom. The third-order valence-corrected chi connectivity index (χ3v) is 4.35. The fourth-order valence-corrected chi connectivity index (χ4v) is 3.12. The second-order valence-electron chi connectivity index (χ2n) is 6.14. The Balaban J connectivity index is 1.82. The Hall–Kier alpha value is -1.06. The molecule has 2 fully saturated rings. The molecular weight excluding hydrogens is 240 g/mol. The summed E-state index contributed by atoms with van der Waals surface area (Å²) in [5.41, 5.74) is 0. The zero-order chi connectivity index (χ0) is 13.8. The predicted octanol–water partition coefficient (Wildman–Crippen LogP) is 1.89. The van der Waals surface area contributed by atoms with Crippen LogP contribution in [0.4, 0.5) is 0 Å². The van der Waals surface area contributed by atoms with Gasteiger partial charge in [0.25, 0.3) is 0 Å². The number of carbonyl (C=O) groups is 2. The molecule has 1 aliphatic heterocycles. The van der Waals surface area contributed by atoms with Crippen LogP contribution in [0.15, 0.2) is 0 Å². The summed E-state index contributed by atoms with van der Waals surface area (Å²) >= 11 is 0. The van der Waals surface area contributed by atoms with Crippen molar-refractivity contribution in [2.75, 3.05) is 26.2 Å². The van der Waals surface area contributed by atoms with Gasteiger partial charge in [0.1, 0.15) is 0 Å². The molecule has 0 aromatic rings. The van der Waals surface area contributed by atoms with Crippen molar-refractivity contribution in [2.45, 2.75) is 46.0 Å². The zero-order valence-electron chi connectivity index (χ0n) is 12.2. The van der Waals surface area contributed by atoms with E-state index in [4.69, 9.17) is 0 Å². The van der Waals surface area contributed by atoms with Crippen LogP contribution in [0.1, 0.15) is 46.0 Å². The molecule has 108 valence electrons. The highest BCUT2D eigenvalue weighted by molar-refractivity contribution is 5.80. The molecule has 0 atom stereocenters. The van der Waals surface area contributed by atoms with E-state index >= 15 is 0 Å². The van der Waals surface area contributed by atoms with Gasteiger partial charge in [-0.2, -0.15) is 0 Å². The molecule has 0 aromatic carbocycles. The summed E-state index contributed by atoms with van der Waals surface area (Å²) in [5.74, 6) is 0.850. The molecule has 4 nitrogen and oxygen atoms in total. The van der Waals surface area contributed by atoms with Gasteiger partial charge in [-0.3, -0.25) is 9.59 Å². The minimum atomic E-state index is 0.0561. The summed E-state index contributed by atoms with van der Waals surface area (Å²) < 4.78 is 0. The molecular formula is C15H26N2O2. The van der Waals surface area contributed by atoms with Crippen molar-refractivity contribution >= 4 is 11.8 Å². The van der Waals surface area contributed by atoms with E-state index in [2.05, 4.69) is 0 Å². The first-order valence-corrected chi connectivity index (χ1v) is 7.67. The molecule has 2 rings (SSSR count). The fourth-order valence-electron chi connectivity index (χ4n) is 3.12. The molecule has 1 saturated carbocycles. The van der Waals surface area contributed by atoms with Crippen LogP contribution in [0.3, 0.4) is 0 Å². The Labute approximate surface area is 116 Å². The van der Waals surface area contributed by atoms with Crippen molar-refractivity contribution in [2.24, 2.45) is 11.8 Å². The van der Waals surface area contributed by atoms with Crippen molar-refractivity contribution in [3.63, 3.8) is 0 Å². The van der Waals surface area contributed by atoms with Gasteiger partial charge >= 0.3 is 0 Å². The SMILES string of the molecule is CC(C)C(=O)N1CCN(C(=O)C2CCCCC2)CC1. The van der Waals surface area contributed by atoms with E-state index in [1.807, 2.05) is 23.6 Å². The van der Waals surface area contributed by atoms with E-state index in [-0.39, 0.29) is 17.7 Å². The van der Waals surface area contributed by atoms with Gasteiger partial charge in [-0.25, -0.2) is 0 Å². The number of rotatable bonds is 2. The van der Waals surface area contributed by atoms with Gasteiger partial charge in [0.2, 0.25) is 11.8 Å². The van der Waals surface area contributed by atoms with E-state index in [0.717, 1.165) is 12.8 Å². The minimum absolute atomic E-state index is 0.0561. The molecule has 0 N–H and O–H groups in total. The van der Waals surface area contributed by atoms with Crippen molar-refractivity contribution < 1.29 is 9.59 Å². The van der Waals surface area contributed by atoms with Crippen LogP contribution >= 0.6 is 0 Å². The van der Waals surface area contributed by atoms with Crippen molar-refractivity contribution in [1.29, 1.82) is 0 Å². The number of hydrogen-bond acceptors (Lipinski definition) is 2. The summed E-state index contributed by atoms with van der Waals surface area (Å²) in [5, 5.41) is 0. The molecule has 0 aromatic heterocycles. The third kappa shape index (κ3) is 3.48. The Bertz CT molecular complexity index is 327. The highest BCUT2D eigenvalue weighted by Gasteiger charge is 2.29. The Morgan fingerprint density at radius 3 is 1.95 bits per heavy atom. The molecule has 4 heteroatoms. The monoisotopic (exact) mass is 266 g/mol. The highest BCUT2D eigenvalue weighted by Crippen LogP contribution is 2.25. The maximum absolute atomic E-state index is 12.4. The largest absolute Gasteiger partial charge is 0.339 e. The minimum Gasteiger partial charge on any atom is -0.339 e. The highest BCUT2D eigenvalue weighted by atomic mass is 16.2. The summed E-state index contributed by atoms with van der Waals surface area (Å²) in [7, 11) is 0. The maximum Gasteiger partial charge on any atom is 0.225 e. The summed E-state index contributed by atoms with van der Waals surface area (Å²) in [6, 6.07) is 0. The van der Waals surface area contributed by atoms with Gasteiger partial charge in [-0.15, -0.1) is 0 Å². The van der Waals surface area contributed by atoms with Crippen molar-refractivity contribution in [3.05, 3.63) is 0 Å². The van der Waals surface area contributed by atoms with Crippen LogP contribution in [-0.2, 0) is 9.59 Å². The van der Waals surface area contributed by atoms with E-state index in [0.29, 0.717) is 32.1 Å². The zero-order valence-corrected chi connectivity index (χ0v) is 12.2. The van der Waals surface area contributed by atoms with Crippen LogP contribution in [0.2, 0.25) is 0 Å². The predicted molar refractivity (Wildman–Crippen MR) is 74.6 cm³/mol. The quantitative estimate of drug-likeness (QED) is 0.766.